The van der Waals surface area contributed by atoms with Crippen LogP contribution in [0.25, 0.3) is 6.08 Å². The molecule has 0 aliphatic carbocycles. The van der Waals surface area contributed by atoms with E-state index in [1.54, 1.807) is 13.8 Å². The Hall–Kier alpha value is -0.760. The van der Waals surface area contributed by atoms with Gasteiger partial charge in [0.05, 0.1) is 0 Å². The average molecular weight is 196 g/mol. The first-order valence-corrected chi connectivity index (χ1v) is 4.82. The van der Waals surface area contributed by atoms with E-state index in [1.807, 2.05) is 24.3 Å². The van der Waals surface area contributed by atoms with E-state index in [2.05, 4.69) is 12.6 Å². The van der Waals surface area contributed by atoms with Crippen molar-refractivity contribution >= 4 is 18.7 Å². The molecule has 0 saturated heterocycles. The molecule has 70 valence electrons. The molecule has 0 aliphatic heterocycles. The number of benzene rings is 1. The Morgan fingerprint density at radius 1 is 1.31 bits per heavy atom. The molecule has 1 rings (SSSR count). The number of rotatable bonds is 2. The zero-order valence-electron chi connectivity index (χ0n) is 7.84. The monoisotopic (exact) mass is 196 g/mol. The molecule has 0 fully saturated rings. The van der Waals surface area contributed by atoms with Crippen LogP contribution >= 0.6 is 12.6 Å². The first-order valence-electron chi connectivity index (χ1n) is 4.19. The molecule has 0 saturated carbocycles. The predicted molar refractivity (Wildman–Crippen MR) is 58.8 cm³/mol. The van der Waals surface area contributed by atoms with E-state index in [4.69, 9.17) is 0 Å². The van der Waals surface area contributed by atoms with Gasteiger partial charge in [0.2, 0.25) is 0 Å². The summed E-state index contributed by atoms with van der Waals surface area (Å²) in [5.41, 5.74) is 2.42. The van der Waals surface area contributed by atoms with Crippen LogP contribution in [0.15, 0.2) is 18.2 Å². The number of hydrogen-bond acceptors (Lipinski definition) is 1. The van der Waals surface area contributed by atoms with Crippen molar-refractivity contribution in [3.8, 4) is 0 Å². The van der Waals surface area contributed by atoms with Crippen LogP contribution in [0.1, 0.15) is 16.7 Å². The molecule has 1 aromatic carbocycles. The van der Waals surface area contributed by atoms with Crippen molar-refractivity contribution in [3.63, 3.8) is 0 Å². The van der Waals surface area contributed by atoms with Gasteiger partial charge in [0.15, 0.2) is 0 Å². The van der Waals surface area contributed by atoms with Crippen LogP contribution < -0.4 is 0 Å². The molecule has 13 heavy (non-hydrogen) atoms. The molecule has 0 aliphatic rings. The van der Waals surface area contributed by atoms with Crippen LogP contribution in [0.4, 0.5) is 4.39 Å². The van der Waals surface area contributed by atoms with E-state index in [-0.39, 0.29) is 5.82 Å². The van der Waals surface area contributed by atoms with E-state index in [0.29, 0.717) is 16.9 Å². The highest BCUT2D eigenvalue weighted by atomic mass is 32.1. The largest absolute Gasteiger partial charge is 0.206 e. The topological polar surface area (TPSA) is 0 Å². The first kappa shape index (κ1) is 10.3. The molecule has 0 atom stereocenters. The third kappa shape index (κ3) is 2.59. The SMILES string of the molecule is Cc1cc(C=CCS)cc(C)c1F. The van der Waals surface area contributed by atoms with Crippen molar-refractivity contribution < 1.29 is 4.39 Å². The molecular formula is C11H13FS. The lowest BCUT2D eigenvalue weighted by Crippen LogP contribution is -1.88. The quantitative estimate of drug-likeness (QED) is 0.689. The molecule has 0 heterocycles. The van der Waals surface area contributed by atoms with E-state index in [9.17, 15) is 4.39 Å². The molecule has 0 bridgehead atoms. The van der Waals surface area contributed by atoms with Gasteiger partial charge < -0.3 is 0 Å². The minimum atomic E-state index is -0.108. The van der Waals surface area contributed by atoms with E-state index in [1.165, 1.54) is 0 Å². The molecule has 0 N–H and O–H groups in total. The van der Waals surface area contributed by atoms with Gasteiger partial charge in [-0.2, -0.15) is 12.6 Å². The van der Waals surface area contributed by atoms with E-state index >= 15 is 0 Å². The summed E-state index contributed by atoms with van der Waals surface area (Å²) in [6.07, 6.45) is 3.89. The molecule has 1 aromatic rings. The van der Waals surface area contributed by atoms with Gasteiger partial charge in [-0.3, -0.25) is 0 Å². The van der Waals surface area contributed by atoms with Gasteiger partial charge >= 0.3 is 0 Å². The van der Waals surface area contributed by atoms with Crippen molar-refractivity contribution in [2.45, 2.75) is 13.8 Å². The average Bonchev–Trinajstić information content (AvgIpc) is 2.10. The fraction of sp³-hybridized carbons (Fsp3) is 0.273. The maximum Gasteiger partial charge on any atom is 0.129 e. The lowest BCUT2D eigenvalue weighted by molar-refractivity contribution is 0.609. The zero-order valence-corrected chi connectivity index (χ0v) is 8.74. The molecular weight excluding hydrogens is 183 g/mol. The summed E-state index contributed by atoms with van der Waals surface area (Å²) in [5, 5.41) is 0. The second-order valence-electron chi connectivity index (χ2n) is 3.05. The summed E-state index contributed by atoms with van der Waals surface area (Å²) in [5.74, 6) is 0.596. The Morgan fingerprint density at radius 2 is 1.85 bits per heavy atom. The highest BCUT2D eigenvalue weighted by molar-refractivity contribution is 7.80. The lowest BCUT2D eigenvalue weighted by atomic mass is 10.1. The minimum absolute atomic E-state index is 0.108. The Balaban J connectivity index is 3.06. The smallest absolute Gasteiger partial charge is 0.129 e. The summed E-state index contributed by atoms with van der Waals surface area (Å²) in [7, 11) is 0. The van der Waals surface area contributed by atoms with Gasteiger partial charge in [0.1, 0.15) is 5.82 Å². The summed E-state index contributed by atoms with van der Waals surface area (Å²) >= 11 is 4.06. The predicted octanol–water partition coefficient (Wildman–Crippen LogP) is 3.39. The van der Waals surface area contributed by atoms with Crippen molar-refractivity contribution in [3.05, 3.63) is 40.7 Å². The fourth-order valence-corrected chi connectivity index (χ4v) is 1.37. The number of aryl methyl sites for hydroxylation is 2. The van der Waals surface area contributed by atoms with Crippen LogP contribution in [0, 0.1) is 19.7 Å². The van der Waals surface area contributed by atoms with Crippen LogP contribution in [0.3, 0.4) is 0 Å². The molecule has 0 unspecified atom stereocenters. The first-order chi connectivity index (χ1) is 6.15. The number of halogens is 1. The maximum atomic E-state index is 13.2. The van der Waals surface area contributed by atoms with Crippen molar-refractivity contribution in [1.29, 1.82) is 0 Å². The third-order valence-electron chi connectivity index (χ3n) is 1.87. The summed E-state index contributed by atoms with van der Waals surface area (Å²) in [6, 6.07) is 3.67. The summed E-state index contributed by atoms with van der Waals surface area (Å²) < 4.78 is 13.2. The molecule has 2 heteroatoms. The molecule has 0 spiro atoms. The summed E-state index contributed by atoms with van der Waals surface area (Å²) in [6.45, 7) is 3.56. The second kappa shape index (κ2) is 4.47. The van der Waals surface area contributed by atoms with Crippen LogP contribution in [0.2, 0.25) is 0 Å². The van der Waals surface area contributed by atoms with Gasteiger partial charge in [0.25, 0.3) is 0 Å². The highest BCUT2D eigenvalue weighted by Crippen LogP contribution is 2.15. The van der Waals surface area contributed by atoms with Gasteiger partial charge in [-0.15, -0.1) is 0 Å². The van der Waals surface area contributed by atoms with Gasteiger partial charge in [0, 0.05) is 5.75 Å². The number of thiol groups is 1. The number of hydrogen-bond donors (Lipinski definition) is 1. The Labute approximate surface area is 83.9 Å². The highest BCUT2D eigenvalue weighted by Gasteiger charge is 2.01. The zero-order chi connectivity index (χ0) is 9.84. The molecule has 0 nitrogen and oxygen atoms in total. The van der Waals surface area contributed by atoms with Gasteiger partial charge in [-0.25, -0.2) is 4.39 Å². The van der Waals surface area contributed by atoms with Crippen LogP contribution in [0.5, 0.6) is 0 Å². The van der Waals surface area contributed by atoms with E-state index in [0.717, 1.165) is 5.56 Å². The molecule has 0 amide bonds. The lowest BCUT2D eigenvalue weighted by Gasteiger charge is -2.02. The van der Waals surface area contributed by atoms with Crippen molar-refractivity contribution in [2.24, 2.45) is 0 Å². The van der Waals surface area contributed by atoms with Crippen molar-refractivity contribution in [2.75, 3.05) is 5.75 Å². The van der Waals surface area contributed by atoms with Gasteiger partial charge in [-0.05, 0) is 42.7 Å². The van der Waals surface area contributed by atoms with E-state index < -0.39 is 0 Å². The third-order valence-corrected chi connectivity index (χ3v) is 2.09. The second-order valence-corrected chi connectivity index (χ2v) is 3.42. The summed E-state index contributed by atoms with van der Waals surface area (Å²) in [4.78, 5) is 0. The van der Waals surface area contributed by atoms with Crippen LogP contribution in [-0.4, -0.2) is 5.75 Å². The maximum absolute atomic E-state index is 13.2. The molecule has 0 radical (unpaired) electrons. The Bertz CT molecular complexity index is 306. The van der Waals surface area contributed by atoms with Crippen molar-refractivity contribution in [1.82, 2.24) is 0 Å². The fourth-order valence-electron chi connectivity index (χ4n) is 1.26. The molecule has 0 aromatic heterocycles. The normalized spacial score (nSPS) is 11.1. The Morgan fingerprint density at radius 3 is 2.31 bits per heavy atom. The minimum Gasteiger partial charge on any atom is -0.206 e. The standard InChI is InChI=1S/C11H13FS/c1-8-6-10(4-3-5-13)7-9(2)11(8)12/h3-4,6-7,13H,5H2,1-2H3. The van der Waals surface area contributed by atoms with Crippen LogP contribution in [-0.2, 0) is 0 Å². The Kier molecular flexibility index (Phi) is 3.55. The van der Waals surface area contributed by atoms with Gasteiger partial charge in [-0.1, -0.05) is 12.2 Å².